The van der Waals surface area contributed by atoms with Crippen LogP contribution in [0.15, 0.2) is 30.5 Å². The smallest absolute Gasteiger partial charge is 0.311 e. The summed E-state index contributed by atoms with van der Waals surface area (Å²) in [6, 6.07) is 6.26. The van der Waals surface area contributed by atoms with Crippen molar-refractivity contribution in [3.05, 3.63) is 51.4 Å². The van der Waals surface area contributed by atoms with E-state index in [0.29, 0.717) is 16.5 Å². The molecular formula is C11H9ClN4O2. The van der Waals surface area contributed by atoms with Gasteiger partial charge in [0.1, 0.15) is 5.15 Å². The highest BCUT2D eigenvalue weighted by Crippen LogP contribution is 2.25. The fourth-order valence-corrected chi connectivity index (χ4v) is 1.49. The van der Waals surface area contributed by atoms with Crippen LogP contribution in [0.3, 0.4) is 0 Å². The minimum absolute atomic E-state index is 0.0875. The summed E-state index contributed by atoms with van der Waals surface area (Å²) in [5, 5.41) is 14.1. The lowest BCUT2D eigenvalue weighted by molar-refractivity contribution is -0.384. The molecule has 0 saturated carbocycles. The summed E-state index contributed by atoms with van der Waals surface area (Å²) in [4.78, 5) is 18.4. The van der Waals surface area contributed by atoms with E-state index < -0.39 is 4.92 Å². The molecule has 0 aliphatic rings. The quantitative estimate of drug-likeness (QED) is 0.523. The van der Waals surface area contributed by atoms with E-state index in [2.05, 4.69) is 15.3 Å². The van der Waals surface area contributed by atoms with Crippen molar-refractivity contribution >= 4 is 28.8 Å². The van der Waals surface area contributed by atoms with E-state index in [1.54, 1.807) is 25.1 Å². The first-order chi connectivity index (χ1) is 8.56. The van der Waals surface area contributed by atoms with Crippen LogP contribution in [0.5, 0.6) is 0 Å². The number of anilines is 2. The molecular weight excluding hydrogens is 256 g/mol. The van der Waals surface area contributed by atoms with Gasteiger partial charge in [-0.3, -0.25) is 10.1 Å². The van der Waals surface area contributed by atoms with Gasteiger partial charge in [-0.25, -0.2) is 9.97 Å². The van der Waals surface area contributed by atoms with Crippen molar-refractivity contribution in [3.63, 3.8) is 0 Å². The van der Waals surface area contributed by atoms with Crippen molar-refractivity contribution in [2.75, 3.05) is 5.32 Å². The predicted molar refractivity (Wildman–Crippen MR) is 68.2 cm³/mol. The second-order valence-electron chi connectivity index (χ2n) is 3.57. The fraction of sp³-hybridized carbons (Fsp3) is 0.0909. The van der Waals surface area contributed by atoms with Crippen LogP contribution >= 0.6 is 11.6 Å². The molecule has 6 nitrogen and oxygen atoms in total. The molecule has 2 heterocycles. The van der Waals surface area contributed by atoms with Gasteiger partial charge in [-0.2, -0.15) is 0 Å². The summed E-state index contributed by atoms with van der Waals surface area (Å²) < 4.78 is 0. The van der Waals surface area contributed by atoms with Crippen LogP contribution in [0.4, 0.5) is 17.2 Å². The number of nitrogens with zero attached hydrogens (tertiary/aromatic N) is 3. The van der Waals surface area contributed by atoms with Gasteiger partial charge < -0.3 is 5.32 Å². The molecule has 0 bridgehead atoms. The van der Waals surface area contributed by atoms with Crippen molar-refractivity contribution in [2.24, 2.45) is 0 Å². The van der Waals surface area contributed by atoms with E-state index in [1.807, 2.05) is 0 Å². The number of aromatic nitrogens is 2. The number of rotatable bonds is 3. The number of nitrogens with one attached hydrogen (secondary N) is 1. The van der Waals surface area contributed by atoms with Crippen LogP contribution in [0.2, 0.25) is 5.15 Å². The van der Waals surface area contributed by atoms with Gasteiger partial charge in [0, 0.05) is 11.8 Å². The Labute approximate surface area is 108 Å². The Morgan fingerprint density at radius 3 is 2.72 bits per heavy atom. The Kier molecular flexibility index (Phi) is 3.38. The molecule has 7 heteroatoms. The average molecular weight is 265 g/mol. The van der Waals surface area contributed by atoms with Gasteiger partial charge in [0.2, 0.25) is 5.82 Å². The van der Waals surface area contributed by atoms with Gasteiger partial charge in [-0.05, 0) is 25.1 Å². The molecule has 2 aromatic heterocycles. The maximum atomic E-state index is 10.9. The van der Waals surface area contributed by atoms with E-state index in [-0.39, 0.29) is 11.5 Å². The second kappa shape index (κ2) is 4.97. The number of hydrogen-bond acceptors (Lipinski definition) is 5. The minimum Gasteiger partial charge on any atom is -0.333 e. The van der Waals surface area contributed by atoms with Gasteiger partial charge >= 0.3 is 5.69 Å². The molecule has 0 atom stereocenters. The molecule has 0 spiro atoms. The largest absolute Gasteiger partial charge is 0.333 e. The molecule has 1 N–H and O–H groups in total. The third kappa shape index (κ3) is 2.72. The Morgan fingerprint density at radius 2 is 2.11 bits per heavy atom. The zero-order valence-corrected chi connectivity index (χ0v) is 10.2. The summed E-state index contributed by atoms with van der Waals surface area (Å²) in [5.74, 6) is 0.184. The summed E-state index contributed by atoms with van der Waals surface area (Å²) in [5.41, 5.74) is 1.18. The van der Waals surface area contributed by atoms with Crippen molar-refractivity contribution in [2.45, 2.75) is 6.92 Å². The normalized spacial score (nSPS) is 10.1. The number of halogens is 1. The molecule has 0 radical (unpaired) electrons. The Bertz CT molecular complexity index is 586. The predicted octanol–water partition coefficient (Wildman–Crippen LogP) is 3.09. The molecule has 2 rings (SSSR count). The number of nitro groups is 1. The Morgan fingerprint density at radius 1 is 1.33 bits per heavy atom. The number of pyridine rings is 2. The zero-order chi connectivity index (χ0) is 13.1. The van der Waals surface area contributed by atoms with E-state index in [1.165, 1.54) is 12.3 Å². The summed E-state index contributed by atoms with van der Waals surface area (Å²) >= 11 is 5.66. The third-order valence-electron chi connectivity index (χ3n) is 2.20. The summed E-state index contributed by atoms with van der Waals surface area (Å²) in [6.45, 7) is 1.76. The van der Waals surface area contributed by atoms with Gasteiger partial charge in [0.25, 0.3) is 0 Å². The third-order valence-corrected chi connectivity index (χ3v) is 2.42. The molecule has 0 fully saturated rings. The summed E-state index contributed by atoms with van der Waals surface area (Å²) in [7, 11) is 0. The molecule has 0 aliphatic carbocycles. The number of aryl methyl sites for hydroxylation is 1. The van der Waals surface area contributed by atoms with Gasteiger partial charge in [0.15, 0.2) is 0 Å². The monoisotopic (exact) mass is 264 g/mol. The first-order valence-corrected chi connectivity index (χ1v) is 5.44. The first kappa shape index (κ1) is 12.3. The molecule has 2 aromatic rings. The molecule has 0 amide bonds. The van der Waals surface area contributed by atoms with Crippen molar-refractivity contribution in [1.29, 1.82) is 0 Å². The lowest BCUT2D eigenvalue weighted by atomic mass is 10.3. The SMILES string of the molecule is Cc1ccc([N+](=O)[O-])c(Nc2ccc(Cl)nc2)n1. The molecule has 0 aliphatic heterocycles. The highest BCUT2D eigenvalue weighted by Gasteiger charge is 2.15. The topological polar surface area (TPSA) is 81.0 Å². The maximum Gasteiger partial charge on any atom is 0.311 e. The Hall–Kier alpha value is -2.21. The van der Waals surface area contributed by atoms with Gasteiger partial charge in [0.05, 0.1) is 16.8 Å². The zero-order valence-electron chi connectivity index (χ0n) is 9.42. The maximum absolute atomic E-state index is 10.9. The van der Waals surface area contributed by atoms with Crippen molar-refractivity contribution in [1.82, 2.24) is 9.97 Å². The highest BCUT2D eigenvalue weighted by molar-refractivity contribution is 6.29. The van der Waals surface area contributed by atoms with Crippen molar-refractivity contribution < 1.29 is 4.92 Å². The molecule has 18 heavy (non-hydrogen) atoms. The highest BCUT2D eigenvalue weighted by atomic mass is 35.5. The minimum atomic E-state index is -0.488. The van der Waals surface area contributed by atoms with E-state index in [4.69, 9.17) is 11.6 Å². The second-order valence-corrected chi connectivity index (χ2v) is 3.96. The summed E-state index contributed by atoms with van der Waals surface area (Å²) in [6.07, 6.45) is 1.48. The van der Waals surface area contributed by atoms with Crippen molar-refractivity contribution in [3.8, 4) is 0 Å². The van der Waals surface area contributed by atoms with Crippen LogP contribution in [-0.2, 0) is 0 Å². The fourth-order valence-electron chi connectivity index (χ4n) is 1.38. The lowest BCUT2D eigenvalue weighted by Crippen LogP contribution is -2.00. The van der Waals surface area contributed by atoms with Crippen LogP contribution < -0.4 is 5.32 Å². The van der Waals surface area contributed by atoms with Crippen LogP contribution in [-0.4, -0.2) is 14.9 Å². The number of hydrogen-bond donors (Lipinski definition) is 1. The van der Waals surface area contributed by atoms with Gasteiger partial charge in [-0.1, -0.05) is 11.6 Å². The van der Waals surface area contributed by atoms with Gasteiger partial charge in [-0.15, -0.1) is 0 Å². The molecule has 92 valence electrons. The van der Waals surface area contributed by atoms with E-state index >= 15 is 0 Å². The molecule has 0 aromatic carbocycles. The van der Waals surface area contributed by atoms with Crippen LogP contribution in [0.25, 0.3) is 0 Å². The van der Waals surface area contributed by atoms with E-state index in [9.17, 15) is 10.1 Å². The van der Waals surface area contributed by atoms with E-state index in [0.717, 1.165) is 0 Å². The standard InChI is InChI=1S/C11H9ClN4O2/c1-7-2-4-9(16(17)18)11(14-7)15-8-3-5-10(12)13-6-8/h2-6H,1H3,(H,14,15). The molecule has 0 unspecified atom stereocenters. The lowest BCUT2D eigenvalue weighted by Gasteiger charge is -2.06. The first-order valence-electron chi connectivity index (χ1n) is 5.07. The van der Waals surface area contributed by atoms with Crippen LogP contribution in [0, 0.1) is 17.0 Å². The Balaban J connectivity index is 2.35. The average Bonchev–Trinajstić information content (AvgIpc) is 2.32. The molecule has 0 saturated heterocycles. The van der Waals surface area contributed by atoms with Crippen LogP contribution in [0.1, 0.15) is 5.69 Å².